The van der Waals surface area contributed by atoms with Crippen LogP contribution in [0.3, 0.4) is 0 Å². The highest BCUT2D eigenvalue weighted by atomic mass is 15.3. The molecule has 4 heteroatoms. The highest BCUT2D eigenvalue weighted by molar-refractivity contribution is 5.83. The van der Waals surface area contributed by atoms with Crippen molar-refractivity contribution in [1.29, 1.82) is 0 Å². The Morgan fingerprint density at radius 3 is 1.32 bits per heavy atom. The van der Waals surface area contributed by atoms with Crippen molar-refractivity contribution < 1.29 is 0 Å². The van der Waals surface area contributed by atoms with Gasteiger partial charge in [-0.2, -0.15) is 0 Å². The Kier molecular flexibility index (Phi) is 13.5. The van der Waals surface area contributed by atoms with Crippen molar-refractivity contribution in [1.82, 2.24) is 4.90 Å². The molecule has 28 heavy (non-hydrogen) atoms. The molecule has 0 heterocycles. The summed E-state index contributed by atoms with van der Waals surface area (Å²) in [6.07, 6.45) is 3.40. The van der Waals surface area contributed by atoms with Crippen LogP contribution >= 0.6 is 0 Å². The maximum absolute atomic E-state index is 4.98. The maximum Gasteiger partial charge on any atom is 0.101 e. The van der Waals surface area contributed by atoms with E-state index in [-0.39, 0.29) is 12.3 Å². The standard InChI is InChI=1S/C24H48N4/c1-17(2)14-20(7)25-12-13-28(23(10)26-21(8)15-18(3)4)24(11)27-22(9)16-19(5)6/h17-19,23-24H,12-16H2,1-11H3/b25-20+,26-21+,27-22+. The molecule has 0 radical (unpaired) electrons. The van der Waals surface area contributed by atoms with Crippen molar-refractivity contribution in [3.63, 3.8) is 0 Å². The first kappa shape index (κ1) is 27.0. The summed E-state index contributed by atoms with van der Waals surface area (Å²) in [5.74, 6) is 1.93. The van der Waals surface area contributed by atoms with Gasteiger partial charge in [0.2, 0.25) is 0 Å². The molecule has 0 aromatic heterocycles. The monoisotopic (exact) mass is 392 g/mol. The van der Waals surface area contributed by atoms with E-state index in [1.807, 2.05) is 0 Å². The SMILES string of the molecule is C/C(CC(C)C)=N\CCN(C(C)/N=C(\C)CC(C)C)C(C)/N=C(\C)CC(C)C. The van der Waals surface area contributed by atoms with Gasteiger partial charge in [0.1, 0.15) is 12.3 Å². The second-order valence-corrected chi connectivity index (χ2v) is 9.64. The zero-order valence-electron chi connectivity index (χ0n) is 20.7. The van der Waals surface area contributed by atoms with Gasteiger partial charge in [-0.3, -0.25) is 19.9 Å². The van der Waals surface area contributed by atoms with E-state index in [1.54, 1.807) is 0 Å². The summed E-state index contributed by atoms with van der Waals surface area (Å²) in [6.45, 7) is 26.0. The third-order valence-corrected chi connectivity index (χ3v) is 4.63. The predicted molar refractivity (Wildman–Crippen MR) is 128 cm³/mol. The first-order valence-corrected chi connectivity index (χ1v) is 11.2. The van der Waals surface area contributed by atoms with Crippen LogP contribution in [0.15, 0.2) is 15.0 Å². The van der Waals surface area contributed by atoms with E-state index < -0.39 is 0 Å². The minimum atomic E-state index is 0.116. The van der Waals surface area contributed by atoms with Crippen molar-refractivity contribution >= 4 is 17.1 Å². The number of hydrogen-bond acceptors (Lipinski definition) is 4. The molecular formula is C24H48N4. The van der Waals surface area contributed by atoms with Gasteiger partial charge in [-0.15, -0.1) is 0 Å². The molecule has 0 N–H and O–H groups in total. The predicted octanol–water partition coefficient (Wildman–Crippen LogP) is 6.50. The van der Waals surface area contributed by atoms with E-state index in [4.69, 9.17) is 15.0 Å². The number of nitrogens with zero attached hydrogens (tertiary/aromatic N) is 4. The second-order valence-electron chi connectivity index (χ2n) is 9.64. The van der Waals surface area contributed by atoms with Crippen molar-refractivity contribution in [2.75, 3.05) is 13.1 Å². The fraction of sp³-hybridized carbons (Fsp3) is 0.875. The third kappa shape index (κ3) is 13.2. The van der Waals surface area contributed by atoms with E-state index in [9.17, 15) is 0 Å². The highest BCUT2D eigenvalue weighted by Gasteiger charge is 2.19. The minimum absolute atomic E-state index is 0.116. The van der Waals surface area contributed by atoms with Gasteiger partial charge in [0.05, 0.1) is 6.54 Å². The smallest absolute Gasteiger partial charge is 0.101 e. The molecule has 0 aromatic carbocycles. The largest absolute Gasteiger partial charge is 0.293 e. The molecule has 0 aromatic rings. The van der Waals surface area contributed by atoms with Crippen LogP contribution in [0.25, 0.3) is 0 Å². The summed E-state index contributed by atoms with van der Waals surface area (Å²) in [5.41, 5.74) is 3.69. The molecule has 2 unspecified atom stereocenters. The molecular weight excluding hydrogens is 344 g/mol. The molecule has 0 amide bonds. The van der Waals surface area contributed by atoms with Crippen molar-refractivity contribution in [3.05, 3.63) is 0 Å². The maximum atomic E-state index is 4.98. The number of aliphatic imine (C=N–C) groups is 3. The van der Waals surface area contributed by atoms with Crippen molar-refractivity contribution in [3.8, 4) is 0 Å². The Labute approximate surface area is 176 Å². The molecule has 0 bridgehead atoms. The highest BCUT2D eigenvalue weighted by Crippen LogP contribution is 2.13. The van der Waals surface area contributed by atoms with Crippen molar-refractivity contribution in [2.24, 2.45) is 32.7 Å². The summed E-state index contributed by atoms with van der Waals surface area (Å²) in [5, 5.41) is 0. The summed E-state index contributed by atoms with van der Waals surface area (Å²) in [4.78, 5) is 17.1. The van der Waals surface area contributed by atoms with E-state index in [0.29, 0.717) is 17.8 Å². The molecule has 0 spiro atoms. The lowest BCUT2D eigenvalue weighted by atomic mass is 10.1. The summed E-state index contributed by atoms with van der Waals surface area (Å²) < 4.78 is 0. The molecule has 0 saturated heterocycles. The van der Waals surface area contributed by atoms with Crippen LogP contribution in [0.1, 0.15) is 95.4 Å². The van der Waals surface area contributed by atoms with Gasteiger partial charge in [0.25, 0.3) is 0 Å². The average Bonchev–Trinajstić information content (AvgIpc) is 2.48. The first-order valence-electron chi connectivity index (χ1n) is 11.2. The zero-order chi connectivity index (χ0) is 21.9. The summed E-state index contributed by atoms with van der Waals surface area (Å²) >= 11 is 0. The topological polar surface area (TPSA) is 40.3 Å². The van der Waals surface area contributed by atoms with Gasteiger partial charge in [0, 0.05) is 23.7 Å². The van der Waals surface area contributed by atoms with Crippen LogP contribution in [-0.2, 0) is 0 Å². The van der Waals surface area contributed by atoms with E-state index in [2.05, 4.69) is 81.1 Å². The summed E-state index contributed by atoms with van der Waals surface area (Å²) in [7, 11) is 0. The fourth-order valence-corrected chi connectivity index (χ4v) is 3.77. The average molecular weight is 393 g/mol. The Morgan fingerprint density at radius 1 is 0.607 bits per heavy atom. The quantitative estimate of drug-likeness (QED) is 0.330. The van der Waals surface area contributed by atoms with E-state index in [0.717, 1.165) is 32.4 Å². The molecule has 2 atom stereocenters. The van der Waals surface area contributed by atoms with Crippen LogP contribution in [0.2, 0.25) is 0 Å². The normalized spacial score (nSPS) is 16.6. The zero-order valence-corrected chi connectivity index (χ0v) is 20.7. The first-order chi connectivity index (χ1) is 12.9. The molecule has 0 fully saturated rings. The Bertz CT molecular complexity index is 483. The van der Waals surface area contributed by atoms with E-state index >= 15 is 0 Å². The van der Waals surface area contributed by atoms with Crippen LogP contribution in [0, 0.1) is 17.8 Å². The Hall–Kier alpha value is -1.03. The van der Waals surface area contributed by atoms with Crippen LogP contribution in [-0.4, -0.2) is 47.5 Å². The number of hydrogen-bond donors (Lipinski definition) is 0. The van der Waals surface area contributed by atoms with E-state index in [1.165, 1.54) is 17.1 Å². The molecule has 0 saturated carbocycles. The lowest BCUT2D eigenvalue weighted by molar-refractivity contribution is 0.168. The lowest BCUT2D eigenvalue weighted by Gasteiger charge is -2.31. The third-order valence-electron chi connectivity index (χ3n) is 4.63. The Balaban J connectivity index is 5.29. The molecule has 164 valence electrons. The van der Waals surface area contributed by atoms with Gasteiger partial charge in [-0.05, 0) is 71.6 Å². The molecule has 0 aliphatic heterocycles. The van der Waals surface area contributed by atoms with Gasteiger partial charge < -0.3 is 0 Å². The van der Waals surface area contributed by atoms with Gasteiger partial charge in [-0.25, -0.2) is 0 Å². The van der Waals surface area contributed by atoms with Crippen molar-refractivity contribution in [2.45, 2.75) is 108 Å². The molecule has 0 aliphatic carbocycles. The molecule has 4 nitrogen and oxygen atoms in total. The molecule has 0 aliphatic rings. The summed E-state index contributed by atoms with van der Waals surface area (Å²) in [6, 6.07) is 0. The van der Waals surface area contributed by atoms with Gasteiger partial charge in [-0.1, -0.05) is 41.5 Å². The van der Waals surface area contributed by atoms with Gasteiger partial charge >= 0.3 is 0 Å². The lowest BCUT2D eigenvalue weighted by Crippen LogP contribution is -2.41. The van der Waals surface area contributed by atoms with Crippen LogP contribution < -0.4 is 0 Å². The fourth-order valence-electron chi connectivity index (χ4n) is 3.77. The van der Waals surface area contributed by atoms with Crippen LogP contribution in [0.4, 0.5) is 0 Å². The minimum Gasteiger partial charge on any atom is -0.293 e. The Morgan fingerprint density at radius 2 is 0.964 bits per heavy atom. The molecule has 0 rings (SSSR count). The second kappa shape index (κ2) is 14.0. The van der Waals surface area contributed by atoms with Crippen LogP contribution in [0.5, 0.6) is 0 Å². The number of rotatable bonds is 13. The van der Waals surface area contributed by atoms with Gasteiger partial charge in [0.15, 0.2) is 0 Å².